The minimum Gasteiger partial charge on any atom is -0.336 e. The Bertz CT molecular complexity index is 432. The summed E-state index contributed by atoms with van der Waals surface area (Å²) in [5.41, 5.74) is 1.88. The van der Waals surface area contributed by atoms with Crippen molar-refractivity contribution in [3.8, 4) is 0 Å². The van der Waals surface area contributed by atoms with Crippen LogP contribution in [-0.2, 0) is 0 Å². The standard InChI is InChI=1S/C11H10N2O/c1-9-7-11(14-13-9)12-8-10-5-3-2-4-6-10/h2-8H,1H3/b12-8+. The van der Waals surface area contributed by atoms with E-state index in [0.717, 1.165) is 11.3 Å². The maximum atomic E-state index is 4.94. The first-order valence-corrected chi connectivity index (χ1v) is 4.37. The Morgan fingerprint density at radius 2 is 2.07 bits per heavy atom. The molecule has 0 aliphatic carbocycles. The molecule has 0 N–H and O–H groups in total. The number of aliphatic imine (C=N–C) groups is 1. The molecule has 0 aliphatic heterocycles. The minimum atomic E-state index is 0.534. The molecule has 14 heavy (non-hydrogen) atoms. The van der Waals surface area contributed by atoms with Crippen LogP contribution in [0.25, 0.3) is 0 Å². The van der Waals surface area contributed by atoms with Gasteiger partial charge >= 0.3 is 0 Å². The molecule has 1 aromatic heterocycles. The summed E-state index contributed by atoms with van der Waals surface area (Å²) in [5.74, 6) is 0.534. The Morgan fingerprint density at radius 3 is 2.71 bits per heavy atom. The molecule has 0 atom stereocenters. The molecule has 2 rings (SSSR count). The van der Waals surface area contributed by atoms with Crippen molar-refractivity contribution in [1.29, 1.82) is 0 Å². The van der Waals surface area contributed by atoms with Crippen molar-refractivity contribution in [2.45, 2.75) is 6.92 Å². The predicted molar refractivity (Wildman–Crippen MR) is 54.9 cm³/mol. The zero-order valence-corrected chi connectivity index (χ0v) is 7.84. The molecule has 0 fully saturated rings. The third kappa shape index (κ3) is 2.07. The van der Waals surface area contributed by atoms with Gasteiger partial charge in [-0.25, -0.2) is 4.99 Å². The van der Waals surface area contributed by atoms with Crippen LogP contribution in [0.5, 0.6) is 0 Å². The van der Waals surface area contributed by atoms with Crippen molar-refractivity contribution >= 4 is 12.1 Å². The first kappa shape index (κ1) is 8.69. The second kappa shape index (κ2) is 3.87. The monoisotopic (exact) mass is 186 g/mol. The van der Waals surface area contributed by atoms with E-state index in [9.17, 15) is 0 Å². The van der Waals surface area contributed by atoms with E-state index < -0.39 is 0 Å². The van der Waals surface area contributed by atoms with Crippen LogP contribution >= 0.6 is 0 Å². The first-order valence-electron chi connectivity index (χ1n) is 4.37. The average Bonchev–Trinajstić information content (AvgIpc) is 2.63. The molecule has 1 heterocycles. The molecule has 0 radical (unpaired) electrons. The fraction of sp³-hybridized carbons (Fsp3) is 0.0909. The van der Waals surface area contributed by atoms with Gasteiger partial charge in [-0.1, -0.05) is 35.5 Å². The highest BCUT2D eigenvalue weighted by Gasteiger charge is 1.95. The van der Waals surface area contributed by atoms with Gasteiger partial charge in [0.15, 0.2) is 0 Å². The van der Waals surface area contributed by atoms with Crippen molar-refractivity contribution in [3.63, 3.8) is 0 Å². The summed E-state index contributed by atoms with van der Waals surface area (Å²) >= 11 is 0. The number of rotatable bonds is 2. The van der Waals surface area contributed by atoms with Crippen LogP contribution in [0, 0.1) is 6.92 Å². The Morgan fingerprint density at radius 1 is 1.29 bits per heavy atom. The second-order valence-corrected chi connectivity index (χ2v) is 2.98. The molecular weight excluding hydrogens is 176 g/mol. The molecule has 3 heteroatoms. The van der Waals surface area contributed by atoms with Crippen molar-refractivity contribution in [1.82, 2.24) is 5.16 Å². The van der Waals surface area contributed by atoms with Crippen molar-refractivity contribution in [2.75, 3.05) is 0 Å². The van der Waals surface area contributed by atoms with Crippen molar-refractivity contribution in [2.24, 2.45) is 4.99 Å². The van der Waals surface area contributed by atoms with E-state index >= 15 is 0 Å². The largest absolute Gasteiger partial charge is 0.336 e. The zero-order valence-electron chi connectivity index (χ0n) is 7.84. The first-order chi connectivity index (χ1) is 6.84. The molecule has 0 unspecified atom stereocenters. The van der Waals surface area contributed by atoms with Crippen LogP contribution < -0.4 is 0 Å². The Hall–Kier alpha value is -1.90. The van der Waals surface area contributed by atoms with Gasteiger partial charge in [0.05, 0.1) is 5.69 Å². The molecule has 70 valence electrons. The lowest BCUT2D eigenvalue weighted by Gasteiger charge is -1.88. The van der Waals surface area contributed by atoms with Crippen LogP contribution in [0.3, 0.4) is 0 Å². The smallest absolute Gasteiger partial charge is 0.250 e. The van der Waals surface area contributed by atoms with E-state index in [4.69, 9.17) is 4.52 Å². The Labute approximate surface area is 82.1 Å². The molecule has 0 aliphatic rings. The molecule has 0 amide bonds. The highest BCUT2D eigenvalue weighted by atomic mass is 16.5. The molecule has 1 aromatic carbocycles. The maximum absolute atomic E-state index is 4.94. The van der Waals surface area contributed by atoms with Gasteiger partial charge in [0.1, 0.15) is 0 Å². The van der Waals surface area contributed by atoms with E-state index in [1.807, 2.05) is 37.3 Å². The number of benzene rings is 1. The molecular formula is C11H10N2O. The predicted octanol–water partition coefficient (Wildman–Crippen LogP) is 2.73. The van der Waals surface area contributed by atoms with Gasteiger partial charge < -0.3 is 4.52 Å². The molecule has 3 nitrogen and oxygen atoms in total. The SMILES string of the molecule is Cc1cc(/N=C/c2ccccc2)on1. The van der Waals surface area contributed by atoms with Crippen molar-refractivity contribution < 1.29 is 4.52 Å². The van der Waals surface area contributed by atoms with Crippen LogP contribution in [0.1, 0.15) is 11.3 Å². The van der Waals surface area contributed by atoms with Gasteiger partial charge in [0, 0.05) is 12.3 Å². The summed E-state index contributed by atoms with van der Waals surface area (Å²) in [6.45, 7) is 1.87. The Kier molecular flexibility index (Phi) is 2.40. The molecule has 0 bridgehead atoms. The third-order valence-electron chi connectivity index (χ3n) is 1.76. The van der Waals surface area contributed by atoms with Crippen molar-refractivity contribution in [3.05, 3.63) is 47.7 Å². The van der Waals surface area contributed by atoms with E-state index in [-0.39, 0.29) is 0 Å². The number of aromatic nitrogens is 1. The molecule has 0 saturated heterocycles. The number of hydrogen-bond acceptors (Lipinski definition) is 3. The second-order valence-electron chi connectivity index (χ2n) is 2.98. The van der Waals surface area contributed by atoms with Crippen LogP contribution in [0.15, 0.2) is 45.9 Å². The summed E-state index contributed by atoms with van der Waals surface area (Å²) in [4.78, 5) is 4.14. The molecule has 0 saturated carbocycles. The van der Waals surface area contributed by atoms with E-state index in [0.29, 0.717) is 5.88 Å². The van der Waals surface area contributed by atoms with Gasteiger partial charge in [0.25, 0.3) is 5.88 Å². The van der Waals surface area contributed by atoms with Crippen LogP contribution in [0.4, 0.5) is 5.88 Å². The van der Waals surface area contributed by atoms with Gasteiger partial charge in [-0.05, 0) is 12.5 Å². The summed E-state index contributed by atoms with van der Waals surface area (Å²) in [6.07, 6.45) is 1.75. The fourth-order valence-corrected chi connectivity index (χ4v) is 1.09. The highest BCUT2D eigenvalue weighted by molar-refractivity contribution is 5.81. The lowest BCUT2D eigenvalue weighted by Crippen LogP contribution is -1.76. The lowest BCUT2D eigenvalue weighted by molar-refractivity contribution is 0.425. The van der Waals surface area contributed by atoms with Crippen LogP contribution in [0.2, 0.25) is 0 Å². The summed E-state index contributed by atoms with van der Waals surface area (Å²) in [7, 11) is 0. The van der Waals surface area contributed by atoms with E-state index in [1.165, 1.54) is 0 Å². The molecule has 2 aromatic rings. The third-order valence-corrected chi connectivity index (χ3v) is 1.76. The zero-order chi connectivity index (χ0) is 9.80. The van der Waals surface area contributed by atoms with E-state index in [1.54, 1.807) is 12.3 Å². The Balaban J connectivity index is 2.15. The van der Waals surface area contributed by atoms with Gasteiger partial charge in [-0.3, -0.25) is 0 Å². The maximum Gasteiger partial charge on any atom is 0.250 e. The molecule has 0 spiro atoms. The minimum absolute atomic E-state index is 0.534. The van der Waals surface area contributed by atoms with E-state index in [2.05, 4.69) is 10.1 Å². The number of aryl methyl sites for hydroxylation is 1. The van der Waals surface area contributed by atoms with Gasteiger partial charge in [0.2, 0.25) is 0 Å². The summed E-state index contributed by atoms with van der Waals surface area (Å²) < 4.78 is 4.94. The fourth-order valence-electron chi connectivity index (χ4n) is 1.09. The average molecular weight is 186 g/mol. The topological polar surface area (TPSA) is 38.4 Å². The summed E-state index contributed by atoms with van der Waals surface area (Å²) in [5, 5.41) is 3.74. The highest BCUT2D eigenvalue weighted by Crippen LogP contribution is 2.12. The van der Waals surface area contributed by atoms with Crippen LogP contribution in [-0.4, -0.2) is 11.4 Å². The summed E-state index contributed by atoms with van der Waals surface area (Å²) in [6, 6.07) is 11.6. The normalized spacial score (nSPS) is 10.9. The number of nitrogens with zero attached hydrogens (tertiary/aromatic N) is 2. The van der Waals surface area contributed by atoms with Gasteiger partial charge in [-0.15, -0.1) is 0 Å². The van der Waals surface area contributed by atoms with Gasteiger partial charge in [-0.2, -0.15) is 0 Å². The lowest BCUT2D eigenvalue weighted by atomic mass is 10.2. The number of hydrogen-bond donors (Lipinski definition) is 0. The quantitative estimate of drug-likeness (QED) is 0.676.